The van der Waals surface area contributed by atoms with Crippen LogP contribution in [0.3, 0.4) is 0 Å². The summed E-state index contributed by atoms with van der Waals surface area (Å²) in [5, 5.41) is 0. The summed E-state index contributed by atoms with van der Waals surface area (Å²) in [5.74, 6) is -2.53. The number of hydrogen-bond acceptors (Lipinski definition) is 2. The molecule has 263 valence electrons. The summed E-state index contributed by atoms with van der Waals surface area (Å²) >= 11 is -5.17. The van der Waals surface area contributed by atoms with E-state index in [0.717, 1.165) is 44.5 Å². The summed E-state index contributed by atoms with van der Waals surface area (Å²) in [4.78, 5) is 0. The zero-order valence-electron chi connectivity index (χ0n) is 27.7. The van der Waals surface area contributed by atoms with Gasteiger partial charge in [0.05, 0.1) is 0 Å². The van der Waals surface area contributed by atoms with Gasteiger partial charge in [0, 0.05) is 0 Å². The van der Waals surface area contributed by atoms with E-state index in [0.29, 0.717) is 24.0 Å². The van der Waals surface area contributed by atoms with Crippen LogP contribution in [0.5, 0.6) is 11.5 Å². The molecule has 0 aliphatic heterocycles. The number of ether oxygens (including phenoxy) is 2. The number of allylic oxidation sites excluding steroid dienone is 2. The topological polar surface area (TPSA) is 18.5 Å². The van der Waals surface area contributed by atoms with Crippen LogP contribution >= 0.6 is 17.0 Å². The minimum absolute atomic E-state index is 0.251. The van der Waals surface area contributed by atoms with Crippen LogP contribution in [0.2, 0.25) is 13.1 Å². The van der Waals surface area contributed by atoms with Gasteiger partial charge >= 0.3 is 298 Å². The molecule has 0 aromatic heterocycles. The standard InChI is InChI=1S/2C18H14F3O.C2H7Si.2ClH.Zr/c2*1-2-12-9-13-6-4-8-16(17(13)10-12)14-5-3-7-15(11-14)22-18(19,20)21;1-3-2;;;/h2*3-11H,2H2,1H3;3H,1-2H3;2*1H;/q;;;;;+2/p-2. The van der Waals surface area contributed by atoms with E-state index in [9.17, 15) is 26.3 Å². The minimum atomic E-state index is -5.17. The number of halogens is 8. The van der Waals surface area contributed by atoms with Gasteiger partial charge in [-0.2, -0.15) is 0 Å². The fourth-order valence-electron chi connectivity index (χ4n) is 7.90. The Kier molecular flexibility index (Phi) is 9.86. The molecule has 0 spiro atoms. The molecule has 2 atom stereocenters. The Morgan fingerprint density at radius 3 is 1.34 bits per heavy atom. The van der Waals surface area contributed by atoms with Gasteiger partial charge in [0.15, 0.2) is 0 Å². The van der Waals surface area contributed by atoms with E-state index in [1.165, 1.54) is 36.4 Å². The van der Waals surface area contributed by atoms with E-state index in [2.05, 4.69) is 48.6 Å². The van der Waals surface area contributed by atoms with E-state index in [1.54, 1.807) is 12.1 Å². The molecule has 0 heterocycles. The summed E-state index contributed by atoms with van der Waals surface area (Å²) in [6.07, 6.45) is -4.05. The van der Waals surface area contributed by atoms with Crippen molar-refractivity contribution in [2.24, 2.45) is 0 Å². The van der Waals surface area contributed by atoms with Crippen molar-refractivity contribution >= 4 is 35.1 Å². The van der Waals surface area contributed by atoms with Crippen molar-refractivity contribution in [3.8, 4) is 33.8 Å². The summed E-state index contributed by atoms with van der Waals surface area (Å²) in [6.45, 7) is 8.57. The molecule has 6 rings (SSSR count). The van der Waals surface area contributed by atoms with Crippen molar-refractivity contribution in [1.29, 1.82) is 0 Å². The van der Waals surface area contributed by atoms with Crippen LogP contribution in [0, 0.1) is 0 Å². The molecule has 4 aromatic rings. The fraction of sp³-hybridized carbons (Fsp3) is 0.263. The molecule has 2 unspecified atom stereocenters. The van der Waals surface area contributed by atoms with Gasteiger partial charge in [-0.3, -0.25) is 0 Å². The molecule has 0 amide bonds. The Morgan fingerprint density at radius 2 is 1.00 bits per heavy atom. The molecule has 0 saturated heterocycles. The molecular formula is C38H35Cl2F6O2SiZr. The van der Waals surface area contributed by atoms with Crippen LogP contribution in [-0.4, -0.2) is 18.6 Å². The normalized spacial score (nSPS) is 18.2. The molecule has 0 fully saturated rings. The third-order valence-corrected chi connectivity index (χ3v) is 61.9. The van der Waals surface area contributed by atoms with Gasteiger partial charge in [0.2, 0.25) is 0 Å². The Hall–Kier alpha value is -2.78. The Morgan fingerprint density at radius 1 is 0.620 bits per heavy atom. The predicted molar refractivity (Wildman–Crippen MR) is 190 cm³/mol. The second kappa shape index (κ2) is 13.3. The van der Waals surface area contributed by atoms with Crippen LogP contribution in [0.15, 0.2) is 96.1 Å². The maximum absolute atomic E-state index is 13.1. The summed E-state index contributed by atoms with van der Waals surface area (Å²) in [6, 6.07) is 23.6. The molecule has 2 aliphatic carbocycles. The van der Waals surface area contributed by atoms with Crippen LogP contribution in [0.1, 0.15) is 56.2 Å². The molecule has 2 aliphatic rings. The van der Waals surface area contributed by atoms with E-state index >= 15 is 0 Å². The quantitative estimate of drug-likeness (QED) is 0.124. The van der Waals surface area contributed by atoms with Crippen molar-refractivity contribution in [3.63, 3.8) is 0 Å². The molecule has 50 heavy (non-hydrogen) atoms. The first-order chi connectivity index (χ1) is 23.4. The Balaban J connectivity index is 1.51. The van der Waals surface area contributed by atoms with Gasteiger partial charge in [0.25, 0.3) is 0 Å². The van der Waals surface area contributed by atoms with E-state index in [-0.39, 0.29) is 18.8 Å². The molecule has 0 radical (unpaired) electrons. The van der Waals surface area contributed by atoms with E-state index in [4.69, 9.17) is 17.0 Å². The van der Waals surface area contributed by atoms with Crippen molar-refractivity contribution in [2.45, 2.75) is 59.8 Å². The Bertz CT molecular complexity index is 1880. The Labute approximate surface area is 296 Å². The van der Waals surface area contributed by atoms with E-state index < -0.39 is 34.2 Å². The molecule has 4 aromatic carbocycles. The summed E-state index contributed by atoms with van der Waals surface area (Å²) in [7, 11) is 16.8. The van der Waals surface area contributed by atoms with Gasteiger partial charge in [-0.05, 0) is 0 Å². The number of fused-ring (bicyclic) bond motifs is 2. The van der Waals surface area contributed by atoms with Crippen molar-refractivity contribution in [2.75, 3.05) is 0 Å². The van der Waals surface area contributed by atoms with Crippen LogP contribution in [0.4, 0.5) is 26.3 Å². The van der Waals surface area contributed by atoms with Gasteiger partial charge in [-0.15, -0.1) is 0 Å². The van der Waals surface area contributed by atoms with Crippen LogP contribution in [-0.2, 0) is 15.6 Å². The first-order valence-corrected chi connectivity index (χ1v) is 32.7. The molecule has 0 N–H and O–H groups in total. The number of alkyl halides is 6. The first-order valence-electron chi connectivity index (χ1n) is 16.4. The summed E-state index contributed by atoms with van der Waals surface area (Å²) < 4.78 is 86.6. The molecule has 0 saturated carbocycles. The molecular weight excluding hydrogens is 793 g/mol. The average Bonchev–Trinajstić information content (AvgIpc) is 3.63. The SMILES string of the molecule is CCC1=Cc2c(-c3cccc(OC(F)(F)F)c3)cccc2[CH]1[Zr]([Cl])([Cl])([CH]1C(CC)=Cc2c(-c3cccc(OC(F)(F)F)c3)cccc21)[SiH](C)C. The average molecular weight is 828 g/mol. The van der Waals surface area contributed by atoms with E-state index in [1.807, 2.05) is 36.4 Å². The molecule has 2 nitrogen and oxygen atoms in total. The van der Waals surface area contributed by atoms with Gasteiger partial charge in [-0.25, -0.2) is 0 Å². The fourth-order valence-corrected chi connectivity index (χ4v) is 39.7. The van der Waals surface area contributed by atoms with Crippen molar-refractivity contribution in [3.05, 3.63) is 118 Å². The predicted octanol–water partition coefficient (Wildman–Crippen LogP) is 13.2. The second-order valence-electron chi connectivity index (χ2n) is 13.2. The van der Waals surface area contributed by atoms with Crippen molar-refractivity contribution in [1.82, 2.24) is 0 Å². The van der Waals surface area contributed by atoms with Crippen LogP contribution < -0.4 is 9.47 Å². The van der Waals surface area contributed by atoms with Gasteiger partial charge in [0.1, 0.15) is 0 Å². The van der Waals surface area contributed by atoms with Gasteiger partial charge in [-0.1, -0.05) is 0 Å². The maximum atomic E-state index is 13.1. The molecule has 0 bridgehead atoms. The number of hydrogen-bond donors (Lipinski definition) is 0. The third kappa shape index (κ3) is 6.66. The zero-order chi connectivity index (χ0) is 36.2. The number of rotatable bonds is 9. The zero-order valence-corrected chi connectivity index (χ0v) is 32.8. The number of benzene rings is 4. The van der Waals surface area contributed by atoms with Crippen LogP contribution in [0.25, 0.3) is 34.4 Å². The molecule has 12 heteroatoms. The first kappa shape index (κ1) is 37.0. The van der Waals surface area contributed by atoms with Crippen molar-refractivity contribution < 1.29 is 51.4 Å². The second-order valence-corrected chi connectivity index (χ2v) is 55.7. The van der Waals surface area contributed by atoms with Gasteiger partial charge < -0.3 is 0 Å². The third-order valence-electron chi connectivity index (χ3n) is 10.1. The monoisotopic (exact) mass is 825 g/mol. The summed E-state index contributed by atoms with van der Waals surface area (Å²) in [5.41, 5.74) is 8.65.